The number of nitrogens with zero attached hydrogens (tertiary/aromatic N) is 5. The molecule has 0 spiro atoms. The zero-order chi connectivity index (χ0) is 27.2. The summed E-state index contributed by atoms with van der Waals surface area (Å²) in [6, 6.07) is 0.253. The molecule has 2 aromatic rings. The third kappa shape index (κ3) is 5.28. The van der Waals surface area contributed by atoms with E-state index in [2.05, 4.69) is 20.4 Å². The topological polar surface area (TPSA) is 192 Å². The molecule has 38 heavy (non-hydrogen) atoms. The van der Waals surface area contributed by atoms with E-state index in [1.54, 1.807) is 0 Å². The van der Waals surface area contributed by atoms with Crippen molar-refractivity contribution in [1.29, 1.82) is 0 Å². The number of aliphatic hydroxyl groups excluding tert-OH is 2. The second-order valence-corrected chi connectivity index (χ2v) is 12.7. The van der Waals surface area contributed by atoms with Crippen LogP contribution in [0.1, 0.15) is 51.7 Å². The van der Waals surface area contributed by atoms with Gasteiger partial charge in [0.2, 0.25) is 11.2 Å². The number of hydrogen-bond acceptors (Lipinski definition) is 10. The Labute approximate surface area is 223 Å². The number of ether oxygens (including phenoxy) is 2. The van der Waals surface area contributed by atoms with Gasteiger partial charge >= 0.3 is 7.60 Å². The van der Waals surface area contributed by atoms with Gasteiger partial charge in [-0.3, -0.25) is 9.36 Å². The van der Waals surface area contributed by atoms with Crippen molar-refractivity contribution in [3.8, 4) is 0 Å². The first-order valence-electron chi connectivity index (χ1n) is 12.6. The third-order valence-corrected chi connectivity index (χ3v) is 9.20. The van der Waals surface area contributed by atoms with Gasteiger partial charge in [0.1, 0.15) is 24.1 Å². The fourth-order valence-electron chi connectivity index (χ4n) is 5.24. The molecule has 3 aliphatic rings. The summed E-state index contributed by atoms with van der Waals surface area (Å²) in [7, 11) is -4.85. The van der Waals surface area contributed by atoms with Crippen LogP contribution >= 0.6 is 19.2 Å². The van der Waals surface area contributed by atoms with Gasteiger partial charge in [-0.15, -0.1) is 0 Å². The van der Waals surface area contributed by atoms with Crippen LogP contribution in [0.25, 0.3) is 11.0 Å². The molecule has 2 saturated heterocycles. The van der Waals surface area contributed by atoms with E-state index in [0.717, 1.165) is 25.7 Å². The predicted molar refractivity (Wildman–Crippen MR) is 134 cm³/mol. The highest BCUT2D eigenvalue weighted by Gasteiger charge is 2.50. The minimum absolute atomic E-state index is 0.0264. The molecule has 1 amide bonds. The molecule has 210 valence electrons. The maximum Gasteiger partial charge on any atom is 0.358 e. The molecule has 14 nitrogen and oxygen atoms in total. The lowest BCUT2D eigenvalue weighted by Crippen LogP contribution is -2.45. The number of halogens is 1. The summed E-state index contributed by atoms with van der Waals surface area (Å²) in [4.78, 5) is 41.9. The van der Waals surface area contributed by atoms with Crippen molar-refractivity contribution in [1.82, 2.24) is 24.6 Å². The Morgan fingerprint density at radius 1 is 1.24 bits per heavy atom. The summed E-state index contributed by atoms with van der Waals surface area (Å²) in [5, 5.41) is 27.7. The first-order valence-corrected chi connectivity index (χ1v) is 14.6. The average molecular weight is 575 g/mol. The highest BCUT2D eigenvalue weighted by atomic mass is 35.5. The SMILES string of the molecule is CC(CN1CCCC1=O)(OC[C@H]1O[C@@H](n2ncc3c(NC4CCCC4)nc(Cl)nc32)[C@H](O)[C@@H]1O)P(=O)(O)O. The second-order valence-electron chi connectivity index (χ2n) is 10.3. The largest absolute Gasteiger partial charge is 0.387 e. The third-order valence-electron chi connectivity index (χ3n) is 7.53. The molecule has 5 N–H and O–H groups in total. The second kappa shape index (κ2) is 10.6. The molecule has 0 bridgehead atoms. The smallest absolute Gasteiger partial charge is 0.358 e. The van der Waals surface area contributed by atoms with E-state index in [4.69, 9.17) is 21.1 Å². The van der Waals surface area contributed by atoms with Gasteiger partial charge in [0.15, 0.2) is 17.2 Å². The lowest BCUT2D eigenvalue weighted by Gasteiger charge is -2.35. The van der Waals surface area contributed by atoms with Crippen LogP contribution in [0.4, 0.5) is 5.82 Å². The number of fused-ring (bicyclic) bond motifs is 1. The van der Waals surface area contributed by atoms with Crippen molar-refractivity contribution in [2.45, 2.75) is 81.4 Å². The monoisotopic (exact) mass is 574 g/mol. The van der Waals surface area contributed by atoms with Crippen molar-refractivity contribution in [2.75, 3.05) is 25.0 Å². The summed E-state index contributed by atoms with van der Waals surface area (Å²) in [6.45, 7) is 0.811. The Kier molecular flexibility index (Phi) is 7.70. The molecule has 16 heteroatoms. The number of amides is 1. The number of rotatable bonds is 9. The predicted octanol–water partition coefficient (Wildman–Crippen LogP) is 0.986. The maximum absolute atomic E-state index is 12.3. The molecule has 5 rings (SSSR count). The van der Waals surface area contributed by atoms with Crippen LogP contribution in [0.3, 0.4) is 0 Å². The van der Waals surface area contributed by atoms with Crippen LogP contribution in [-0.4, -0.2) is 99.9 Å². The van der Waals surface area contributed by atoms with Crippen molar-refractivity contribution < 1.29 is 38.8 Å². The summed E-state index contributed by atoms with van der Waals surface area (Å²) in [5.41, 5.74) is 0.288. The van der Waals surface area contributed by atoms with Crippen LogP contribution in [0, 0.1) is 0 Å². The number of likely N-dealkylation sites (tertiary alicyclic amines) is 1. The number of hydrogen-bond donors (Lipinski definition) is 5. The zero-order valence-corrected chi connectivity index (χ0v) is 22.5. The van der Waals surface area contributed by atoms with Crippen LogP contribution in [0.2, 0.25) is 5.28 Å². The standard InChI is InChI=1S/C22H32ClN6O8P/c1-22(38(33,34)35,11-28-8-4-7-15(28)30)36-10-14-16(31)17(32)20(37-14)29-19-13(9-24-29)18(26-21(23)27-19)25-12-5-2-3-6-12/h9,12,14,16-17,20,31-32H,2-8,10-11H2,1H3,(H,25,26,27)(H2,33,34,35)/t14-,16-,17-,20-,22?/m1/s1. The fraction of sp³-hybridized carbons (Fsp3) is 0.727. The van der Waals surface area contributed by atoms with E-state index in [-0.39, 0.29) is 29.4 Å². The van der Waals surface area contributed by atoms with Gasteiger partial charge in [0, 0.05) is 19.0 Å². The van der Waals surface area contributed by atoms with Gasteiger partial charge < -0.3 is 39.7 Å². The molecule has 2 aliphatic heterocycles. The van der Waals surface area contributed by atoms with E-state index in [1.807, 2.05) is 0 Å². The van der Waals surface area contributed by atoms with E-state index in [0.29, 0.717) is 30.6 Å². The average Bonchev–Trinajstić information content (AvgIpc) is 3.63. The number of carbonyl (C=O) groups is 1. The number of aliphatic hydroxyl groups is 2. The lowest BCUT2D eigenvalue weighted by molar-refractivity contribution is -0.132. The highest BCUT2D eigenvalue weighted by Crippen LogP contribution is 2.52. The molecule has 1 saturated carbocycles. The number of carbonyl (C=O) groups excluding carboxylic acids is 1. The number of aromatic nitrogens is 4. The van der Waals surface area contributed by atoms with Crippen molar-refractivity contribution in [3.05, 3.63) is 11.5 Å². The molecule has 0 radical (unpaired) electrons. The van der Waals surface area contributed by atoms with Gasteiger partial charge in [-0.2, -0.15) is 15.1 Å². The molecular formula is C22H32ClN6O8P. The molecule has 1 aliphatic carbocycles. The Hall–Kier alpha value is -1.90. The van der Waals surface area contributed by atoms with Gasteiger partial charge in [-0.1, -0.05) is 12.8 Å². The molecule has 0 aromatic carbocycles. The lowest BCUT2D eigenvalue weighted by atomic mass is 10.1. The maximum atomic E-state index is 12.3. The number of nitrogens with one attached hydrogen (secondary N) is 1. The summed E-state index contributed by atoms with van der Waals surface area (Å²) >= 11 is 6.18. The molecule has 1 unspecified atom stereocenters. The van der Waals surface area contributed by atoms with Gasteiger partial charge in [0.25, 0.3) is 0 Å². The minimum Gasteiger partial charge on any atom is -0.387 e. The van der Waals surface area contributed by atoms with E-state index < -0.39 is 44.1 Å². The minimum atomic E-state index is -4.85. The normalized spacial score (nSPS) is 28.5. The van der Waals surface area contributed by atoms with Crippen LogP contribution in [0.15, 0.2) is 6.20 Å². The van der Waals surface area contributed by atoms with Gasteiger partial charge in [0.05, 0.1) is 24.7 Å². The van der Waals surface area contributed by atoms with Crippen LogP contribution in [-0.2, 0) is 18.8 Å². The molecule has 2 aromatic heterocycles. The Morgan fingerprint density at radius 3 is 2.63 bits per heavy atom. The summed E-state index contributed by atoms with van der Waals surface area (Å²) < 4.78 is 25.1. The molecule has 3 fully saturated rings. The number of anilines is 1. The van der Waals surface area contributed by atoms with Gasteiger partial charge in [-0.05, 0) is 37.8 Å². The summed E-state index contributed by atoms with van der Waals surface area (Å²) in [6.07, 6.45) is 1.45. The quantitative estimate of drug-likeness (QED) is 0.211. The van der Waals surface area contributed by atoms with E-state index >= 15 is 0 Å². The van der Waals surface area contributed by atoms with Crippen LogP contribution in [0.5, 0.6) is 0 Å². The molecule has 4 heterocycles. The zero-order valence-electron chi connectivity index (χ0n) is 20.8. The first-order chi connectivity index (χ1) is 18.0. The van der Waals surface area contributed by atoms with Crippen LogP contribution < -0.4 is 5.32 Å². The fourth-order valence-corrected chi connectivity index (χ4v) is 6.00. The Bertz CT molecular complexity index is 1240. The first kappa shape index (κ1) is 27.7. The Morgan fingerprint density at radius 2 is 1.97 bits per heavy atom. The van der Waals surface area contributed by atoms with Crippen molar-refractivity contribution in [3.63, 3.8) is 0 Å². The van der Waals surface area contributed by atoms with E-state index in [9.17, 15) is 29.4 Å². The van der Waals surface area contributed by atoms with Crippen molar-refractivity contribution in [2.24, 2.45) is 0 Å². The highest BCUT2D eigenvalue weighted by molar-refractivity contribution is 7.53. The summed E-state index contributed by atoms with van der Waals surface area (Å²) in [5.74, 6) is 0.300. The van der Waals surface area contributed by atoms with Crippen molar-refractivity contribution >= 4 is 42.0 Å². The Balaban J connectivity index is 1.33. The van der Waals surface area contributed by atoms with E-state index in [1.165, 1.54) is 22.7 Å². The molecular weight excluding hydrogens is 543 g/mol. The molecule has 5 atom stereocenters. The van der Waals surface area contributed by atoms with Gasteiger partial charge in [-0.25, -0.2) is 4.68 Å².